The molecule has 0 aromatic carbocycles. The number of aromatic nitrogens is 1. The maximum Gasteiger partial charge on any atom is 0.354 e. The van der Waals surface area contributed by atoms with Crippen LogP contribution in [0.1, 0.15) is 21.0 Å². The summed E-state index contributed by atoms with van der Waals surface area (Å²) in [7, 11) is 0. The van der Waals surface area contributed by atoms with E-state index >= 15 is 0 Å². The molecule has 2 N–H and O–H groups in total. The van der Waals surface area contributed by atoms with Crippen molar-refractivity contribution in [3.63, 3.8) is 0 Å². The molecule has 1 aliphatic rings. The fourth-order valence-electron chi connectivity index (χ4n) is 1.63. The predicted octanol–water partition coefficient (Wildman–Crippen LogP) is 1.36. The third-order valence-corrected chi connectivity index (χ3v) is 5.42. The van der Waals surface area contributed by atoms with Crippen molar-refractivity contribution in [3.05, 3.63) is 29.6 Å². The molecule has 1 fully saturated rings. The second-order valence-electron chi connectivity index (χ2n) is 3.99. The average molecular weight is 298 g/mol. The number of pyridine rings is 1. The summed E-state index contributed by atoms with van der Waals surface area (Å²) in [5, 5.41) is 12.1. The number of rotatable bonds is 4. The number of hydrogen-bond acceptors (Lipinski definition) is 5. The van der Waals surface area contributed by atoms with Crippen LogP contribution in [0.5, 0.6) is 0 Å². The molecule has 0 saturated carbocycles. The van der Waals surface area contributed by atoms with Gasteiger partial charge in [0.2, 0.25) is 0 Å². The molecule has 1 atom stereocenters. The lowest BCUT2D eigenvalue weighted by atomic mass is 10.3. The number of carboxylic acids is 1. The maximum atomic E-state index is 11.9. The van der Waals surface area contributed by atoms with Crippen molar-refractivity contribution in [1.29, 1.82) is 0 Å². The molecule has 5 nitrogen and oxygen atoms in total. The van der Waals surface area contributed by atoms with Gasteiger partial charge < -0.3 is 10.4 Å². The zero-order valence-corrected chi connectivity index (χ0v) is 11.8. The van der Waals surface area contributed by atoms with E-state index in [2.05, 4.69) is 10.3 Å². The van der Waals surface area contributed by atoms with E-state index in [1.165, 1.54) is 18.2 Å². The Balaban J connectivity index is 1.92. The summed E-state index contributed by atoms with van der Waals surface area (Å²) in [6, 6.07) is 4.41. The lowest BCUT2D eigenvalue weighted by Crippen LogP contribution is -2.34. The summed E-state index contributed by atoms with van der Waals surface area (Å²) in [4.78, 5) is 26.5. The number of aromatic carboxylic acids is 1. The molecular weight excluding hydrogens is 284 g/mol. The van der Waals surface area contributed by atoms with Crippen LogP contribution in [-0.2, 0) is 0 Å². The van der Waals surface area contributed by atoms with Gasteiger partial charge in [-0.25, -0.2) is 9.78 Å². The summed E-state index contributed by atoms with van der Waals surface area (Å²) < 4.78 is 0. The Kier molecular flexibility index (Phi) is 5.09. The molecule has 7 heteroatoms. The van der Waals surface area contributed by atoms with Crippen LogP contribution >= 0.6 is 23.5 Å². The highest BCUT2D eigenvalue weighted by molar-refractivity contribution is 8.06. The van der Waals surface area contributed by atoms with Crippen LogP contribution in [0.25, 0.3) is 0 Å². The minimum atomic E-state index is -1.13. The molecule has 2 heterocycles. The van der Waals surface area contributed by atoms with Gasteiger partial charge in [-0.15, -0.1) is 0 Å². The largest absolute Gasteiger partial charge is 0.477 e. The standard InChI is InChI=1S/C12H14N2O3S2/c15-11(13-6-8-7-18-4-5-19-8)9-2-1-3-10(14-9)12(16)17/h1-3,8H,4-7H2,(H,13,15)(H,16,17). The van der Waals surface area contributed by atoms with Crippen LogP contribution in [0.15, 0.2) is 18.2 Å². The van der Waals surface area contributed by atoms with E-state index in [9.17, 15) is 9.59 Å². The molecular formula is C12H14N2O3S2. The minimum Gasteiger partial charge on any atom is -0.477 e. The fraction of sp³-hybridized carbons (Fsp3) is 0.417. The third kappa shape index (κ3) is 4.14. The highest BCUT2D eigenvalue weighted by atomic mass is 32.2. The van der Waals surface area contributed by atoms with Crippen molar-refractivity contribution < 1.29 is 14.7 Å². The molecule has 1 aromatic rings. The Morgan fingerprint density at radius 3 is 2.84 bits per heavy atom. The number of nitrogens with one attached hydrogen (secondary N) is 1. The number of hydrogen-bond donors (Lipinski definition) is 2. The monoisotopic (exact) mass is 298 g/mol. The van der Waals surface area contributed by atoms with E-state index < -0.39 is 5.97 Å². The molecule has 1 amide bonds. The zero-order chi connectivity index (χ0) is 13.7. The second-order valence-corrected chi connectivity index (χ2v) is 6.55. The quantitative estimate of drug-likeness (QED) is 0.874. The van der Waals surface area contributed by atoms with E-state index in [1.807, 2.05) is 23.5 Å². The van der Waals surface area contributed by atoms with Crippen LogP contribution in [-0.4, -0.2) is 51.0 Å². The van der Waals surface area contributed by atoms with Crippen molar-refractivity contribution in [1.82, 2.24) is 10.3 Å². The predicted molar refractivity (Wildman–Crippen MR) is 77.1 cm³/mol. The third-order valence-electron chi connectivity index (χ3n) is 2.58. The molecule has 102 valence electrons. The first-order valence-corrected chi connectivity index (χ1v) is 8.05. The van der Waals surface area contributed by atoms with Crippen LogP contribution in [0.4, 0.5) is 0 Å². The van der Waals surface area contributed by atoms with Crippen LogP contribution in [0.2, 0.25) is 0 Å². The number of thioether (sulfide) groups is 2. The summed E-state index contributed by atoms with van der Waals surface area (Å²) in [5.74, 6) is 1.86. The maximum absolute atomic E-state index is 11.9. The topological polar surface area (TPSA) is 79.3 Å². The highest BCUT2D eigenvalue weighted by Gasteiger charge is 2.16. The fourth-order valence-corrected chi connectivity index (χ4v) is 4.24. The highest BCUT2D eigenvalue weighted by Crippen LogP contribution is 2.23. The number of carbonyl (C=O) groups excluding carboxylic acids is 1. The molecule has 0 spiro atoms. The van der Waals surface area contributed by atoms with Gasteiger partial charge in [-0.05, 0) is 12.1 Å². The molecule has 2 rings (SSSR count). The second kappa shape index (κ2) is 6.81. The van der Waals surface area contributed by atoms with Gasteiger partial charge in [0.1, 0.15) is 11.4 Å². The molecule has 1 saturated heterocycles. The van der Waals surface area contributed by atoms with Crippen LogP contribution in [0, 0.1) is 0 Å². The van der Waals surface area contributed by atoms with Crippen molar-refractivity contribution in [2.45, 2.75) is 5.25 Å². The molecule has 1 aliphatic heterocycles. The number of carbonyl (C=O) groups is 2. The van der Waals surface area contributed by atoms with Crippen LogP contribution in [0.3, 0.4) is 0 Å². The van der Waals surface area contributed by atoms with Crippen molar-refractivity contribution in [2.24, 2.45) is 0 Å². The Morgan fingerprint density at radius 1 is 1.37 bits per heavy atom. The van der Waals surface area contributed by atoms with Crippen LogP contribution < -0.4 is 5.32 Å². The first kappa shape index (κ1) is 14.2. The summed E-state index contributed by atoms with van der Waals surface area (Å²) in [6.07, 6.45) is 0. The van der Waals surface area contributed by atoms with Gasteiger partial charge in [-0.3, -0.25) is 4.79 Å². The van der Waals surface area contributed by atoms with Crippen molar-refractivity contribution >= 4 is 35.4 Å². The van der Waals surface area contributed by atoms with E-state index in [0.717, 1.165) is 17.3 Å². The SMILES string of the molecule is O=C(O)c1cccc(C(=O)NCC2CSCCS2)n1. The zero-order valence-electron chi connectivity index (χ0n) is 10.2. The summed E-state index contributed by atoms with van der Waals surface area (Å²) in [6.45, 7) is 0.593. The molecule has 0 radical (unpaired) electrons. The van der Waals surface area contributed by atoms with E-state index in [4.69, 9.17) is 5.11 Å². The number of carboxylic acid groups (broad SMARTS) is 1. The number of amides is 1. The van der Waals surface area contributed by atoms with Gasteiger partial charge in [0.25, 0.3) is 5.91 Å². The molecule has 19 heavy (non-hydrogen) atoms. The Morgan fingerprint density at radius 2 is 2.16 bits per heavy atom. The summed E-state index contributed by atoms with van der Waals surface area (Å²) >= 11 is 3.75. The minimum absolute atomic E-state index is 0.116. The molecule has 0 aliphatic carbocycles. The molecule has 1 aromatic heterocycles. The van der Waals surface area contributed by atoms with Gasteiger partial charge in [0, 0.05) is 29.1 Å². The first-order valence-electron chi connectivity index (χ1n) is 5.84. The van der Waals surface area contributed by atoms with E-state index in [0.29, 0.717) is 11.8 Å². The molecule has 1 unspecified atom stereocenters. The van der Waals surface area contributed by atoms with Crippen molar-refractivity contribution in [3.8, 4) is 0 Å². The van der Waals surface area contributed by atoms with E-state index in [1.54, 1.807) is 0 Å². The van der Waals surface area contributed by atoms with Gasteiger partial charge >= 0.3 is 5.97 Å². The van der Waals surface area contributed by atoms with Gasteiger partial charge in [0.05, 0.1) is 0 Å². The lowest BCUT2D eigenvalue weighted by Gasteiger charge is -2.20. The Hall–Kier alpha value is -1.21. The molecule has 0 bridgehead atoms. The number of nitrogens with zero attached hydrogens (tertiary/aromatic N) is 1. The first-order chi connectivity index (χ1) is 9.16. The van der Waals surface area contributed by atoms with Gasteiger partial charge in [0.15, 0.2) is 0 Å². The van der Waals surface area contributed by atoms with Gasteiger partial charge in [-0.2, -0.15) is 23.5 Å². The summed E-state index contributed by atoms with van der Waals surface area (Å²) in [5.41, 5.74) is 0.0311. The van der Waals surface area contributed by atoms with E-state index in [-0.39, 0.29) is 17.3 Å². The Bertz CT molecular complexity index is 476. The smallest absolute Gasteiger partial charge is 0.354 e. The normalized spacial score (nSPS) is 18.8. The Labute approximate surface area is 119 Å². The lowest BCUT2D eigenvalue weighted by molar-refractivity contribution is 0.0690. The van der Waals surface area contributed by atoms with Crippen molar-refractivity contribution in [2.75, 3.05) is 23.8 Å². The van der Waals surface area contributed by atoms with Gasteiger partial charge in [-0.1, -0.05) is 6.07 Å². The average Bonchev–Trinajstić information content (AvgIpc) is 2.46.